The third kappa shape index (κ3) is 4.00. The number of likely N-dealkylation sites (N-methyl/N-ethyl adjacent to an activating group) is 1. The van der Waals surface area contributed by atoms with Gasteiger partial charge >= 0.3 is 0 Å². The largest absolute Gasteiger partial charge is 0.390 e. The Morgan fingerprint density at radius 3 is 2.40 bits per heavy atom. The fourth-order valence-electron chi connectivity index (χ4n) is 2.00. The molecule has 2 N–H and O–H groups in total. The van der Waals surface area contributed by atoms with Crippen LogP contribution < -0.4 is 5.32 Å². The van der Waals surface area contributed by atoms with E-state index in [2.05, 4.69) is 5.32 Å². The number of hydrogen-bond donors (Lipinski definition) is 2. The highest BCUT2D eigenvalue weighted by Gasteiger charge is 2.22. The zero-order valence-electron chi connectivity index (χ0n) is 11.3. The van der Waals surface area contributed by atoms with Crippen molar-refractivity contribution in [3.63, 3.8) is 0 Å². The average molecular weight is 308 g/mol. The molecule has 0 aliphatic carbocycles. The summed E-state index contributed by atoms with van der Waals surface area (Å²) in [5.74, 6) is 0. The van der Waals surface area contributed by atoms with Crippen LogP contribution in [0.25, 0.3) is 0 Å². The summed E-state index contributed by atoms with van der Waals surface area (Å²) >= 11 is 7.81. The smallest absolute Gasteiger partial charge is 0.0827 e. The molecule has 106 valence electrons. The highest BCUT2D eigenvalue weighted by molar-refractivity contribution is 7.99. The highest BCUT2D eigenvalue weighted by Crippen LogP contribution is 2.40. The molecule has 0 bridgehead atoms. The minimum Gasteiger partial charge on any atom is -0.390 e. The van der Waals surface area contributed by atoms with Crippen molar-refractivity contribution >= 4 is 23.4 Å². The molecule has 2 aromatic carbocycles. The molecule has 0 fully saturated rings. The van der Waals surface area contributed by atoms with Crippen LogP contribution in [0.15, 0.2) is 59.5 Å². The summed E-state index contributed by atoms with van der Waals surface area (Å²) < 4.78 is 0. The van der Waals surface area contributed by atoms with Gasteiger partial charge in [0.05, 0.1) is 16.4 Å². The van der Waals surface area contributed by atoms with Gasteiger partial charge in [-0.25, -0.2) is 0 Å². The summed E-state index contributed by atoms with van der Waals surface area (Å²) in [5, 5.41) is 14.1. The maximum absolute atomic E-state index is 10.4. The molecule has 0 aliphatic rings. The Morgan fingerprint density at radius 1 is 1.10 bits per heavy atom. The molecule has 0 saturated heterocycles. The fraction of sp³-hybridized carbons (Fsp3) is 0.250. The SMILES string of the molecule is CNC[C@@H](O)[C@@H](Sc1ccccc1Cl)c1ccccc1. The molecular weight excluding hydrogens is 290 g/mol. The Hall–Kier alpha value is -1.00. The Labute approximate surface area is 129 Å². The van der Waals surface area contributed by atoms with E-state index in [1.54, 1.807) is 11.8 Å². The van der Waals surface area contributed by atoms with Crippen molar-refractivity contribution in [3.8, 4) is 0 Å². The molecular formula is C16H18ClNOS. The van der Waals surface area contributed by atoms with Crippen LogP contribution >= 0.6 is 23.4 Å². The normalized spacial score (nSPS) is 13.9. The van der Waals surface area contributed by atoms with E-state index >= 15 is 0 Å². The van der Waals surface area contributed by atoms with Crippen molar-refractivity contribution in [2.75, 3.05) is 13.6 Å². The number of benzene rings is 2. The maximum Gasteiger partial charge on any atom is 0.0827 e. The van der Waals surface area contributed by atoms with Crippen molar-refractivity contribution < 1.29 is 5.11 Å². The first-order valence-electron chi connectivity index (χ1n) is 6.51. The molecule has 0 unspecified atom stereocenters. The van der Waals surface area contributed by atoms with E-state index in [-0.39, 0.29) is 5.25 Å². The van der Waals surface area contributed by atoms with Gasteiger partial charge in [0.2, 0.25) is 0 Å². The zero-order valence-corrected chi connectivity index (χ0v) is 12.9. The molecule has 2 rings (SSSR count). The van der Waals surface area contributed by atoms with Crippen LogP contribution in [0.2, 0.25) is 5.02 Å². The van der Waals surface area contributed by atoms with E-state index in [0.29, 0.717) is 6.54 Å². The lowest BCUT2D eigenvalue weighted by Crippen LogP contribution is -2.28. The van der Waals surface area contributed by atoms with Crippen LogP contribution in [-0.2, 0) is 0 Å². The third-order valence-corrected chi connectivity index (χ3v) is 4.87. The number of hydrogen-bond acceptors (Lipinski definition) is 3. The van der Waals surface area contributed by atoms with E-state index in [1.807, 2.05) is 61.6 Å². The van der Waals surface area contributed by atoms with Gasteiger partial charge in [-0.3, -0.25) is 0 Å². The molecule has 0 amide bonds. The minimum atomic E-state index is -0.483. The Kier molecular flexibility index (Phi) is 5.92. The summed E-state index contributed by atoms with van der Waals surface area (Å²) in [6.45, 7) is 0.539. The average Bonchev–Trinajstić information content (AvgIpc) is 2.47. The number of halogens is 1. The maximum atomic E-state index is 10.4. The summed E-state index contributed by atoms with van der Waals surface area (Å²) in [4.78, 5) is 0.984. The van der Waals surface area contributed by atoms with Gasteiger partial charge in [0, 0.05) is 11.4 Å². The number of aliphatic hydroxyl groups excluding tert-OH is 1. The summed E-state index contributed by atoms with van der Waals surface area (Å²) in [7, 11) is 1.84. The summed E-state index contributed by atoms with van der Waals surface area (Å²) in [6.07, 6.45) is -0.483. The van der Waals surface area contributed by atoms with Crippen molar-refractivity contribution in [2.24, 2.45) is 0 Å². The van der Waals surface area contributed by atoms with Gasteiger partial charge in [-0.2, -0.15) is 0 Å². The van der Waals surface area contributed by atoms with Gasteiger partial charge < -0.3 is 10.4 Å². The molecule has 0 aromatic heterocycles. The quantitative estimate of drug-likeness (QED) is 0.797. The van der Waals surface area contributed by atoms with Crippen molar-refractivity contribution in [2.45, 2.75) is 16.2 Å². The lowest BCUT2D eigenvalue weighted by Gasteiger charge is -2.23. The molecule has 2 atom stereocenters. The molecule has 0 saturated carbocycles. The lowest BCUT2D eigenvalue weighted by molar-refractivity contribution is 0.171. The predicted molar refractivity (Wildman–Crippen MR) is 86.4 cm³/mol. The van der Waals surface area contributed by atoms with E-state index in [0.717, 1.165) is 15.5 Å². The second-order valence-corrected chi connectivity index (χ2v) is 6.10. The van der Waals surface area contributed by atoms with Gasteiger partial charge in [-0.15, -0.1) is 11.8 Å². The van der Waals surface area contributed by atoms with Crippen LogP contribution in [0.3, 0.4) is 0 Å². The number of aliphatic hydroxyl groups is 1. The van der Waals surface area contributed by atoms with Gasteiger partial charge in [-0.05, 0) is 24.7 Å². The highest BCUT2D eigenvalue weighted by atomic mass is 35.5. The minimum absolute atomic E-state index is 0.0523. The second kappa shape index (κ2) is 7.70. The molecule has 4 heteroatoms. The van der Waals surface area contributed by atoms with Crippen LogP contribution in [0.5, 0.6) is 0 Å². The van der Waals surface area contributed by atoms with Crippen LogP contribution in [0, 0.1) is 0 Å². The second-order valence-electron chi connectivity index (χ2n) is 4.50. The Balaban J connectivity index is 2.26. The summed E-state index contributed by atoms with van der Waals surface area (Å²) in [6, 6.07) is 17.7. The summed E-state index contributed by atoms with van der Waals surface area (Å²) in [5.41, 5.74) is 1.10. The Bertz CT molecular complexity index is 535. The van der Waals surface area contributed by atoms with Crippen molar-refractivity contribution in [1.29, 1.82) is 0 Å². The number of thioether (sulfide) groups is 1. The first kappa shape index (κ1) is 15.4. The first-order chi connectivity index (χ1) is 9.72. The molecule has 2 aromatic rings. The first-order valence-corrected chi connectivity index (χ1v) is 7.77. The van der Waals surface area contributed by atoms with E-state index < -0.39 is 6.10 Å². The standard InChI is InChI=1S/C16H18ClNOS/c1-18-11-14(19)16(12-7-3-2-4-8-12)20-15-10-6-5-9-13(15)17/h2-10,14,16,18-19H,11H2,1H3/t14-,16+/m1/s1. The van der Waals surface area contributed by atoms with E-state index in [1.165, 1.54) is 0 Å². The zero-order chi connectivity index (χ0) is 14.4. The van der Waals surface area contributed by atoms with Gasteiger partial charge in [0.1, 0.15) is 0 Å². The van der Waals surface area contributed by atoms with Gasteiger partial charge in [-0.1, -0.05) is 54.1 Å². The molecule has 20 heavy (non-hydrogen) atoms. The number of nitrogens with one attached hydrogen (secondary N) is 1. The van der Waals surface area contributed by atoms with Crippen molar-refractivity contribution in [3.05, 3.63) is 65.2 Å². The van der Waals surface area contributed by atoms with Crippen LogP contribution in [0.1, 0.15) is 10.8 Å². The third-order valence-electron chi connectivity index (χ3n) is 2.98. The molecule has 0 radical (unpaired) electrons. The monoisotopic (exact) mass is 307 g/mol. The van der Waals surface area contributed by atoms with E-state index in [4.69, 9.17) is 11.6 Å². The van der Waals surface area contributed by atoms with Gasteiger partial charge in [0.15, 0.2) is 0 Å². The lowest BCUT2D eigenvalue weighted by atomic mass is 10.1. The van der Waals surface area contributed by atoms with Crippen LogP contribution in [0.4, 0.5) is 0 Å². The Morgan fingerprint density at radius 2 is 1.75 bits per heavy atom. The topological polar surface area (TPSA) is 32.3 Å². The van der Waals surface area contributed by atoms with Crippen molar-refractivity contribution in [1.82, 2.24) is 5.32 Å². The van der Waals surface area contributed by atoms with Gasteiger partial charge in [0.25, 0.3) is 0 Å². The van der Waals surface area contributed by atoms with Crippen LogP contribution in [-0.4, -0.2) is 24.8 Å². The number of rotatable bonds is 6. The van der Waals surface area contributed by atoms with E-state index in [9.17, 15) is 5.11 Å². The molecule has 0 aliphatic heterocycles. The molecule has 0 heterocycles. The molecule has 2 nitrogen and oxygen atoms in total. The fourth-order valence-corrected chi connectivity index (χ4v) is 3.43. The predicted octanol–water partition coefficient (Wildman–Crippen LogP) is 3.75. The molecule has 0 spiro atoms.